The molecule has 156 valence electrons. The van der Waals surface area contributed by atoms with Crippen LogP contribution in [0.4, 0.5) is 15.8 Å². The summed E-state index contributed by atoms with van der Waals surface area (Å²) in [5.41, 5.74) is 2.64. The Bertz CT molecular complexity index is 1080. The molecule has 1 aromatic heterocycles. The predicted molar refractivity (Wildman–Crippen MR) is 111 cm³/mol. The number of piperazine rings is 1. The lowest BCUT2D eigenvalue weighted by Crippen LogP contribution is -2.63. The first-order chi connectivity index (χ1) is 14.2. The van der Waals surface area contributed by atoms with Crippen LogP contribution >= 0.6 is 0 Å². The number of aryl methyl sites for hydroxylation is 1. The van der Waals surface area contributed by atoms with Gasteiger partial charge in [0, 0.05) is 30.7 Å². The van der Waals surface area contributed by atoms with Gasteiger partial charge >= 0.3 is 0 Å². The number of pyridine rings is 1. The van der Waals surface area contributed by atoms with Crippen molar-refractivity contribution in [1.82, 2.24) is 15.2 Å². The van der Waals surface area contributed by atoms with E-state index >= 15 is 0 Å². The van der Waals surface area contributed by atoms with Crippen LogP contribution in [0, 0.1) is 12.7 Å². The molecular weight excluding hydrogens is 383 g/mol. The maximum absolute atomic E-state index is 14.2. The smallest absolute Gasteiger partial charge is 0.273 e. The molecule has 2 fully saturated rings. The Kier molecular flexibility index (Phi) is 3.98. The topological polar surface area (TPSA) is 65.5 Å². The van der Waals surface area contributed by atoms with Crippen LogP contribution in [0.5, 0.6) is 0 Å². The highest BCUT2D eigenvalue weighted by atomic mass is 19.1. The third-order valence-electron chi connectivity index (χ3n) is 6.76. The molecule has 1 spiro atoms. The number of nitrogens with zero attached hydrogens (tertiary/aromatic N) is 3. The van der Waals surface area contributed by atoms with Gasteiger partial charge in [0.2, 0.25) is 5.91 Å². The molecule has 30 heavy (non-hydrogen) atoms. The summed E-state index contributed by atoms with van der Waals surface area (Å²) in [7, 11) is 0. The van der Waals surface area contributed by atoms with Crippen LogP contribution in [-0.2, 0) is 10.2 Å². The standard InChI is InChI=1S/C23H25FN4O2/c1-14-4-5-15(12-16(14)24)27-13-23(8-9-23)19-18(27)7-6-17(26-19)20(29)28-11-10-25-21(30)22(28,2)3/h4-7,12H,8-11,13H2,1-3H3,(H,25,30). The lowest BCUT2D eigenvalue weighted by atomic mass is 9.98. The van der Waals surface area contributed by atoms with Crippen molar-refractivity contribution in [3.63, 3.8) is 0 Å². The van der Waals surface area contributed by atoms with E-state index in [9.17, 15) is 14.0 Å². The lowest BCUT2D eigenvalue weighted by molar-refractivity contribution is -0.133. The van der Waals surface area contributed by atoms with Crippen LogP contribution < -0.4 is 10.2 Å². The van der Waals surface area contributed by atoms with Gasteiger partial charge in [-0.25, -0.2) is 9.37 Å². The van der Waals surface area contributed by atoms with Crippen molar-refractivity contribution < 1.29 is 14.0 Å². The van der Waals surface area contributed by atoms with E-state index in [0.29, 0.717) is 24.3 Å². The number of hydrogen-bond donors (Lipinski definition) is 1. The second-order valence-electron chi connectivity index (χ2n) is 9.14. The number of carbonyl (C=O) groups is 2. The van der Waals surface area contributed by atoms with Gasteiger partial charge in [0.05, 0.1) is 11.4 Å². The van der Waals surface area contributed by atoms with Crippen LogP contribution in [0.15, 0.2) is 30.3 Å². The van der Waals surface area contributed by atoms with E-state index < -0.39 is 5.54 Å². The SMILES string of the molecule is Cc1ccc(N2CC3(CC3)c3nc(C(=O)N4CCNC(=O)C4(C)C)ccc32)cc1F. The number of halogens is 1. The Hall–Kier alpha value is -2.96. The average molecular weight is 408 g/mol. The zero-order valence-corrected chi connectivity index (χ0v) is 17.5. The van der Waals surface area contributed by atoms with E-state index in [1.165, 1.54) is 0 Å². The predicted octanol–water partition coefficient (Wildman–Crippen LogP) is 3.06. The maximum Gasteiger partial charge on any atom is 0.273 e. The van der Waals surface area contributed by atoms with E-state index in [1.54, 1.807) is 43.9 Å². The van der Waals surface area contributed by atoms with Crippen LogP contribution in [0.3, 0.4) is 0 Å². The minimum Gasteiger partial charge on any atom is -0.352 e. The summed E-state index contributed by atoms with van der Waals surface area (Å²) < 4.78 is 14.2. The van der Waals surface area contributed by atoms with Gasteiger partial charge in [-0.2, -0.15) is 0 Å². The van der Waals surface area contributed by atoms with Crippen molar-refractivity contribution in [1.29, 1.82) is 0 Å². The molecule has 2 aromatic rings. The van der Waals surface area contributed by atoms with Crippen molar-refractivity contribution in [3.8, 4) is 0 Å². The molecule has 0 radical (unpaired) electrons. The molecule has 2 amide bonds. The van der Waals surface area contributed by atoms with Gasteiger partial charge in [-0.05, 0) is 63.4 Å². The third-order valence-corrected chi connectivity index (χ3v) is 6.76. The first-order valence-corrected chi connectivity index (χ1v) is 10.4. The van der Waals surface area contributed by atoms with Gasteiger partial charge in [-0.3, -0.25) is 9.59 Å². The number of aromatic nitrogens is 1. The molecule has 0 unspecified atom stereocenters. The van der Waals surface area contributed by atoms with E-state index in [-0.39, 0.29) is 23.0 Å². The minimum absolute atomic E-state index is 0.0677. The fourth-order valence-electron chi connectivity index (χ4n) is 4.56. The molecule has 3 heterocycles. The fraction of sp³-hybridized carbons (Fsp3) is 0.435. The minimum atomic E-state index is -0.918. The van der Waals surface area contributed by atoms with Crippen LogP contribution in [0.1, 0.15) is 48.4 Å². The Morgan fingerprint density at radius 3 is 2.67 bits per heavy atom. The van der Waals surface area contributed by atoms with Crippen molar-refractivity contribution in [2.75, 3.05) is 24.5 Å². The monoisotopic (exact) mass is 408 g/mol. The number of nitrogens with one attached hydrogen (secondary N) is 1. The first kappa shape index (κ1) is 19.0. The number of carbonyl (C=O) groups excluding carboxylic acids is 2. The summed E-state index contributed by atoms with van der Waals surface area (Å²) in [5, 5.41) is 2.82. The molecular formula is C23H25FN4O2. The van der Waals surface area contributed by atoms with E-state index in [4.69, 9.17) is 4.98 Å². The summed E-state index contributed by atoms with van der Waals surface area (Å²) in [6.07, 6.45) is 2.01. The van der Waals surface area contributed by atoms with Crippen molar-refractivity contribution in [3.05, 3.63) is 53.1 Å². The van der Waals surface area contributed by atoms with Crippen molar-refractivity contribution in [2.45, 2.75) is 44.6 Å². The van der Waals surface area contributed by atoms with E-state index in [1.807, 2.05) is 12.1 Å². The summed E-state index contributed by atoms with van der Waals surface area (Å²) in [6.45, 7) is 6.89. The van der Waals surface area contributed by atoms with Gasteiger partial charge in [-0.1, -0.05) is 6.07 Å². The Morgan fingerprint density at radius 2 is 1.97 bits per heavy atom. The number of rotatable bonds is 2. The zero-order chi connectivity index (χ0) is 21.3. The summed E-state index contributed by atoms with van der Waals surface area (Å²) in [6, 6.07) is 8.92. The Labute approximate surface area is 175 Å². The molecule has 3 aliphatic rings. The van der Waals surface area contributed by atoms with Crippen molar-refractivity contribution in [2.24, 2.45) is 0 Å². The van der Waals surface area contributed by atoms with Gasteiger partial charge in [-0.15, -0.1) is 0 Å². The Morgan fingerprint density at radius 1 is 1.20 bits per heavy atom. The fourth-order valence-corrected chi connectivity index (χ4v) is 4.56. The zero-order valence-electron chi connectivity index (χ0n) is 17.5. The van der Waals surface area contributed by atoms with Crippen molar-refractivity contribution >= 4 is 23.2 Å². The highest BCUT2D eigenvalue weighted by Crippen LogP contribution is 2.57. The molecule has 6 nitrogen and oxygen atoms in total. The molecule has 1 N–H and O–H groups in total. The second-order valence-corrected chi connectivity index (χ2v) is 9.14. The maximum atomic E-state index is 14.2. The average Bonchev–Trinajstić information content (AvgIpc) is 3.43. The second kappa shape index (κ2) is 6.27. The van der Waals surface area contributed by atoms with Crippen LogP contribution in [0.25, 0.3) is 0 Å². The molecule has 1 saturated carbocycles. The van der Waals surface area contributed by atoms with Gasteiger partial charge < -0.3 is 15.1 Å². The molecule has 7 heteroatoms. The summed E-state index contributed by atoms with van der Waals surface area (Å²) in [5.74, 6) is -0.612. The summed E-state index contributed by atoms with van der Waals surface area (Å²) in [4.78, 5) is 34.0. The molecule has 1 aromatic carbocycles. The van der Waals surface area contributed by atoms with Gasteiger partial charge in [0.25, 0.3) is 5.91 Å². The summed E-state index contributed by atoms with van der Waals surface area (Å²) >= 11 is 0. The Balaban J connectivity index is 1.51. The number of amides is 2. The first-order valence-electron chi connectivity index (χ1n) is 10.4. The normalized spacial score (nSPS) is 20.9. The largest absolute Gasteiger partial charge is 0.352 e. The molecule has 0 atom stereocenters. The third kappa shape index (κ3) is 2.71. The molecule has 0 bridgehead atoms. The number of hydrogen-bond acceptors (Lipinski definition) is 4. The van der Waals surface area contributed by atoms with Gasteiger partial charge in [0.1, 0.15) is 17.1 Å². The lowest BCUT2D eigenvalue weighted by Gasteiger charge is -2.41. The van der Waals surface area contributed by atoms with Crippen LogP contribution in [0.2, 0.25) is 0 Å². The number of anilines is 2. The van der Waals surface area contributed by atoms with E-state index in [0.717, 1.165) is 36.5 Å². The van der Waals surface area contributed by atoms with Crippen LogP contribution in [-0.4, -0.2) is 46.9 Å². The number of fused-ring (bicyclic) bond motifs is 2. The quantitative estimate of drug-likeness (QED) is 0.830. The highest BCUT2D eigenvalue weighted by Gasteiger charge is 2.54. The number of benzene rings is 1. The molecule has 1 aliphatic carbocycles. The molecule has 2 aliphatic heterocycles. The van der Waals surface area contributed by atoms with E-state index in [2.05, 4.69) is 10.2 Å². The highest BCUT2D eigenvalue weighted by molar-refractivity contribution is 5.99. The molecule has 5 rings (SSSR count). The van der Waals surface area contributed by atoms with Gasteiger partial charge in [0.15, 0.2) is 0 Å². The molecule has 1 saturated heterocycles.